The van der Waals surface area contributed by atoms with Crippen molar-refractivity contribution in [1.82, 2.24) is 0 Å². The first-order chi connectivity index (χ1) is 3.91. The minimum absolute atomic E-state index is 0.571. The van der Waals surface area contributed by atoms with Crippen molar-refractivity contribution in [1.29, 1.82) is 0 Å². The minimum Gasteiger partial charge on any atom is -0.122 e. The van der Waals surface area contributed by atoms with Crippen LogP contribution in [0.4, 0.5) is 0 Å². The Kier molecular flexibility index (Phi) is 6.11. The molecule has 8 heavy (non-hydrogen) atoms. The minimum atomic E-state index is 0.571. The van der Waals surface area contributed by atoms with Crippen LogP contribution < -0.4 is 0 Å². The highest BCUT2D eigenvalue weighted by Gasteiger charge is 1.60. The number of hydrogen-bond acceptors (Lipinski definition) is 0. The zero-order valence-electron chi connectivity index (χ0n) is 4.68. The van der Waals surface area contributed by atoms with Crippen LogP contribution in [-0.4, -0.2) is 5.88 Å². The standard InChI is InChI=1S/C7H9Cl/c1-2-3-4-5-6-7-8/h2-6H,1,7H2/b4-3+,6-5+. The molecule has 0 aromatic rings. The number of halogens is 1. The number of rotatable bonds is 3. The van der Waals surface area contributed by atoms with E-state index in [0.717, 1.165) is 0 Å². The van der Waals surface area contributed by atoms with Gasteiger partial charge in [-0.15, -0.1) is 11.6 Å². The van der Waals surface area contributed by atoms with Gasteiger partial charge < -0.3 is 0 Å². The van der Waals surface area contributed by atoms with Crippen molar-refractivity contribution in [3.05, 3.63) is 37.0 Å². The van der Waals surface area contributed by atoms with Gasteiger partial charge in [0, 0.05) is 5.88 Å². The molecule has 0 aromatic heterocycles. The molecule has 0 N–H and O–H groups in total. The third kappa shape index (κ3) is 5.51. The summed E-state index contributed by atoms with van der Waals surface area (Å²) in [7, 11) is 0. The molecule has 44 valence electrons. The number of hydrogen-bond donors (Lipinski definition) is 0. The average molecular weight is 129 g/mol. The molecule has 0 heterocycles. The third-order valence-electron chi connectivity index (χ3n) is 0.583. The quantitative estimate of drug-likeness (QED) is 0.405. The first-order valence-electron chi connectivity index (χ1n) is 2.42. The van der Waals surface area contributed by atoms with Crippen LogP contribution in [0.15, 0.2) is 37.0 Å². The molecule has 0 unspecified atom stereocenters. The second-order valence-corrected chi connectivity index (χ2v) is 1.51. The van der Waals surface area contributed by atoms with Crippen LogP contribution in [0.3, 0.4) is 0 Å². The van der Waals surface area contributed by atoms with Crippen LogP contribution in [0.5, 0.6) is 0 Å². The molecule has 0 aliphatic heterocycles. The smallest absolute Gasteiger partial charge is 0.0407 e. The predicted octanol–water partition coefficient (Wildman–Crippen LogP) is 2.52. The summed E-state index contributed by atoms with van der Waals surface area (Å²) in [6.45, 7) is 3.50. The SMILES string of the molecule is C=C/C=C/C=C/CCl. The first-order valence-corrected chi connectivity index (χ1v) is 2.95. The van der Waals surface area contributed by atoms with Crippen molar-refractivity contribution in [2.75, 3.05) is 5.88 Å². The van der Waals surface area contributed by atoms with E-state index in [0.29, 0.717) is 5.88 Å². The van der Waals surface area contributed by atoms with Crippen LogP contribution in [0.25, 0.3) is 0 Å². The Hall–Kier alpha value is -0.490. The molecule has 0 aliphatic carbocycles. The predicted molar refractivity (Wildman–Crippen MR) is 39.2 cm³/mol. The molecule has 0 spiro atoms. The van der Waals surface area contributed by atoms with Crippen molar-refractivity contribution in [3.63, 3.8) is 0 Å². The van der Waals surface area contributed by atoms with E-state index in [4.69, 9.17) is 11.6 Å². The van der Waals surface area contributed by atoms with E-state index in [1.54, 1.807) is 6.08 Å². The summed E-state index contributed by atoms with van der Waals surface area (Å²) in [5, 5.41) is 0. The molecular formula is C7H9Cl. The molecule has 0 saturated carbocycles. The lowest BCUT2D eigenvalue weighted by atomic mass is 10.4. The van der Waals surface area contributed by atoms with E-state index in [9.17, 15) is 0 Å². The normalized spacial score (nSPS) is 11.1. The molecular weight excluding hydrogens is 120 g/mol. The number of allylic oxidation sites excluding steroid dienone is 5. The summed E-state index contributed by atoms with van der Waals surface area (Å²) in [6.07, 6.45) is 9.20. The molecule has 0 fully saturated rings. The van der Waals surface area contributed by atoms with Crippen LogP contribution in [0.2, 0.25) is 0 Å². The molecule has 0 bridgehead atoms. The molecule has 0 radical (unpaired) electrons. The van der Waals surface area contributed by atoms with Crippen LogP contribution in [0.1, 0.15) is 0 Å². The lowest BCUT2D eigenvalue weighted by Gasteiger charge is -1.70. The fourth-order valence-electron chi connectivity index (χ4n) is 0.273. The highest BCUT2D eigenvalue weighted by atomic mass is 35.5. The second-order valence-electron chi connectivity index (χ2n) is 1.20. The zero-order valence-corrected chi connectivity index (χ0v) is 5.43. The summed E-state index contributed by atoms with van der Waals surface area (Å²) in [5.41, 5.74) is 0. The molecule has 1 heteroatoms. The maximum absolute atomic E-state index is 5.33. The molecule has 0 saturated heterocycles. The van der Waals surface area contributed by atoms with Gasteiger partial charge >= 0.3 is 0 Å². The lowest BCUT2D eigenvalue weighted by molar-refractivity contribution is 1.74. The fourth-order valence-corrected chi connectivity index (χ4v) is 0.376. The first kappa shape index (κ1) is 7.51. The Bertz CT molecular complexity index is 101. The molecule has 0 aliphatic rings. The highest BCUT2D eigenvalue weighted by molar-refractivity contribution is 6.18. The van der Waals surface area contributed by atoms with Crippen LogP contribution in [0, 0.1) is 0 Å². The Morgan fingerprint density at radius 1 is 1.25 bits per heavy atom. The van der Waals surface area contributed by atoms with Gasteiger partial charge in [0.2, 0.25) is 0 Å². The van der Waals surface area contributed by atoms with Gasteiger partial charge in [-0.05, 0) is 0 Å². The van der Waals surface area contributed by atoms with Gasteiger partial charge in [0.15, 0.2) is 0 Å². The topological polar surface area (TPSA) is 0 Å². The van der Waals surface area contributed by atoms with Crippen molar-refractivity contribution in [2.24, 2.45) is 0 Å². The van der Waals surface area contributed by atoms with Gasteiger partial charge in [0.05, 0.1) is 0 Å². The fraction of sp³-hybridized carbons (Fsp3) is 0.143. The maximum Gasteiger partial charge on any atom is 0.0407 e. The molecule has 0 aromatic carbocycles. The van der Waals surface area contributed by atoms with E-state index in [2.05, 4.69) is 6.58 Å². The van der Waals surface area contributed by atoms with Crippen LogP contribution in [-0.2, 0) is 0 Å². The molecule has 0 amide bonds. The van der Waals surface area contributed by atoms with E-state index in [-0.39, 0.29) is 0 Å². The Labute approximate surface area is 55.2 Å². The third-order valence-corrected chi connectivity index (χ3v) is 0.762. The summed E-state index contributed by atoms with van der Waals surface area (Å²) >= 11 is 5.33. The average Bonchev–Trinajstić information content (AvgIpc) is 1.81. The molecule has 0 rings (SSSR count). The van der Waals surface area contributed by atoms with Crippen molar-refractivity contribution >= 4 is 11.6 Å². The lowest BCUT2D eigenvalue weighted by Crippen LogP contribution is -1.54. The van der Waals surface area contributed by atoms with Crippen molar-refractivity contribution in [3.8, 4) is 0 Å². The van der Waals surface area contributed by atoms with E-state index in [1.165, 1.54) is 0 Å². The summed E-state index contributed by atoms with van der Waals surface area (Å²) < 4.78 is 0. The number of alkyl halides is 1. The summed E-state index contributed by atoms with van der Waals surface area (Å²) in [4.78, 5) is 0. The maximum atomic E-state index is 5.33. The Balaban J connectivity index is 3.26. The van der Waals surface area contributed by atoms with Crippen molar-refractivity contribution in [2.45, 2.75) is 0 Å². The van der Waals surface area contributed by atoms with Gasteiger partial charge in [-0.25, -0.2) is 0 Å². The summed E-state index contributed by atoms with van der Waals surface area (Å²) in [5.74, 6) is 0.571. The van der Waals surface area contributed by atoms with Crippen molar-refractivity contribution < 1.29 is 0 Å². The van der Waals surface area contributed by atoms with Gasteiger partial charge in [-0.1, -0.05) is 37.0 Å². The molecule has 0 atom stereocenters. The van der Waals surface area contributed by atoms with E-state index in [1.807, 2.05) is 24.3 Å². The highest BCUT2D eigenvalue weighted by Crippen LogP contribution is 1.79. The van der Waals surface area contributed by atoms with Gasteiger partial charge in [-0.2, -0.15) is 0 Å². The monoisotopic (exact) mass is 128 g/mol. The molecule has 0 nitrogen and oxygen atoms in total. The zero-order chi connectivity index (χ0) is 6.24. The van der Waals surface area contributed by atoms with Gasteiger partial charge in [0.1, 0.15) is 0 Å². The van der Waals surface area contributed by atoms with Gasteiger partial charge in [-0.3, -0.25) is 0 Å². The summed E-state index contributed by atoms with van der Waals surface area (Å²) in [6, 6.07) is 0. The van der Waals surface area contributed by atoms with Gasteiger partial charge in [0.25, 0.3) is 0 Å². The largest absolute Gasteiger partial charge is 0.122 e. The Morgan fingerprint density at radius 2 is 2.00 bits per heavy atom. The van der Waals surface area contributed by atoms with E-state index >= 15 is 0 Å². The Morgan fingerprint density at radius 3 is 2.50 bits per heavy atom. The second kappa shape index (κ2) is 6.51. The van der Waals surface area contributed by atoms with Crippen LogP contribution >= 0.6 is 11.6 Å². The van der Waals surface area contributed by atoms with E-state index < -0.39 is 0 Å².